The van der Waals surface area contributed by atoms with Crippen LogP contribution in [-0.4, -0.2) is 17.6 Å². The largest absolute Gasteiger partial charge is 0.491 e. The van der Waals surface area contributed by atoms with Crippen molar-refractivity contribution in [3.63, 3.8) is 0 Å². The van der Waals surface area contributed by atoms with Crippen molar-refractivity contribution < 1.29 is 4.74 Å². The lowest BCUT2D eigenvalue weighted by Crippen LogP contribution is -2.05. The molecule has 0 saturated carbocycles. The van der Waals surface area contributed by atoms with Gasteiger partial charge in [-0.15, -0.1) is 0 Å². The summed E-state index contributed by atoms with van der Waals surface area (Å²) in [5.74, 6) is 1.83. The Morgan fingerprint density at radius 2 is 2.06 bits per heavy atom. The Bertz CT molecular complexity index is 523. The molecule has 0 aliphatic carbocycles. The Morgan fingerprint density at radius 1 is 1.22 bits per heavy atom. The van der Waals surface area contributed by atoms with Gasteiger partial charge >= 0.3 is 0 Å². The predicted octanol–water partition coefficient (Wildman–Crippen LogP) is 3.84. The Hall–Kier alpha value is -1.77. The standard InChI is InChI=1S/C15H20N2O/c1-4-9-16-15-8-5-12-10-13(18-11(2)3)6-7-14(12)17-15/h5-8,10-11H,4,9H2,1-3H3,(H,16,17). The molecule has 1 N–H and O–H groups in total. The summed E-state index contributed by atoms with van der Waals surface area (Å²) in [6.45, 7) is 7.15. The zero-order valence-electron chi connectivity index (χ0n) is 11.2. The fraction of sp³-hybridized carbons (Fsp3) is 0.400. The van der Waals surface area contributed by atoms with Crippen LogP contribution in [0, 0.1) is 0 Å². The van der Waals surface area contributed by atoms with E-state index in [-0.39, 0.29) is 6.10 Å². The van der Waals surface area contributed by atoms with E-state index in [2.05, 4.69) is 23.3 Å². The Morgan fingerprint density at radius 3 is 2.78 bits per heavy atom. The van der Waals surface area contributed by atoms with E-state index < -0.39 is 0 Å². The monoisotopic (exact) mass is 244 g/mol. The van der Waals surface area contributed by atoms with E-state index in [0.29, 0.717) is 0 Å². The molecule has 0 unspecified atom stereocenters. The van der Waals surface area contributed by atoms with Crippen LogP contribution in [0.4, 0.5) is 5.82 Å². The summed E-state index contributed by atoms with van der Waals surface area (Å²) in [6.07, 6.45) is 1.29. The van der Waals surface area contributed by atoms with Crippen molar-refractivity contribution in [1.82, 2.24) is 4.98 Å². The van der Waals surface area contributed by atoms with Crippen molar-refractivity contribution in [1.29, 1.82) is 0 Å². The van der Waals surface area contributed by atoms with Gasteiger partial charge in [-0.2, -0.15) is 0 Å². The third kappa shape index (κ3) is 3.13. The van der Waals surface area contributed by atoms with Crippen molar-refractivity contribution in [2.24, 2.45) is 0 Å². The molecule has 0 spiro atoms. The van der Waals surface area contributed by atoms with Crippen LogP contribution in [0.15, 0.2) is 30.3 Å². The van der Waals surface area contributed by atoms with Gasteiger partial charge in [0.25, 0.3) is 0 Å². The molecule has 1 aromatic heterocycles. The van der Waals surface area contributed by atoms with Crippen molar-refractivity contribution in [3.8, 4) is 5.75 Å². The number of benzene rings is 1. The molecule has 0 aliphatic rings. The zero-order valence-corrected chi connectivity index (χ0v) is 11.2. The van der Waals surface area contributed by atoms with E-state index >= 15 is 0 Å². The number of anilines is 1. The van der Waals surface area contributed by atoms with Crippen LogP contribution in [0.2, 0.25) is 0 Å². The molecule has 1 aromatic carbocycles. The highest BCUT2D eigenvalue weighted by atomic mass is 16.5. The Kier molecular flexibility index (Phi) is 4.03. The minimum absolute atomic E-state index is 0.195. The fourth-order valence-corrected chi connectivity index (χ4v) is 1.80. The maximum atomic E-state index is 5.67. The second-order valence-electron chi connectivity index (χ2n) is 4.64. The Balaban J connectivity index is 2.24. The number of ether oxygens (including phenoxy) is 1. The normalized spacial score (nSPS) is 10.9. The molecule has 0 amide bonds. The first-order valence-electron chi connectivity index (χ1n) is 6.50. The molecule has 1 heterocycles. The molecule has 96 valence electrons. The first-order chi connectivity index (χ1) is 8.69. The van der Waals surface area contributed by atoms with E-state index in [0.717, 1.165) is 35.4 Å². The van der Waals surface area contributed by atoms with Gasteiger partial charge in [0.05, 0.1) is 11.6 Å². The van der Waals surface area contributed by atoms with Gasteiger partial charge in [0.2, 0.25) is 0 Å². The van der Waals surface area contributed by atoms with Crippen molar-refractivity contribution in [2.75, 3.05) is 11.9 Å². The van der Waals surface area contributed by atoms with Crippen molar-refractivity contribution >= 4 is 16.7 Å². The number of hydrogen-bond acceptors (Lipinski definition) is 3. The number of fused-ring (bicyclic) bond motifs is 1. The van der Waals surface area contributed by atoms with Gasteiger partial charge in [-0.1, -0.05) is 6.92 Å². The van der Waals surface area contributed by atoms with E-state index in [4.69, 9.17) is 4.74 Å². The number of pyridine rings is 1. The molecule has 0 bridgehead atoms. The summed E-state index contributed by atoms with van der Waals surface area (Å²) in [5.41, 5.74) is 0.993. The van der Waals surface area contributed by atoms with Crippen molar-refractivity contribution in [3.05, 3.63) is 30.3 Å². The molecule has 2 rings (SSSR count). The van der Waals surface area contributed by atoms with E-state index in [1.807, 2.05) is 38.1 Å². The molecule has 2 aromatic rings. The van der Waals surface area contributed by atoms with Crippen LogP contribution in [0.5, 0.6) is 5.75 Å². The lowest BCUT2D eigenvalue weighted by Gasteiger charge is -2.10. The van der Waals surface area contributed by atoms with Gasteiger partial charge in [-0.3, -0.25) is 0 Å². The number of aromatic nitrogens is 1. The number of nitrogens with one attached hydrogen (secondary N) is 1. The number of rotatable bonds is 5. The second kappa shape index (κ2) is 5.71. The van der Waals surface area contributed by atoms with Gasteiger partial charge in [0, 0.05) is 11.9 Å². The molecular formula is C15H20N2O. The summed E-state index contributed by atoms with van der Waals surface area (Å²) in [7, 11) is 0. The third-order valence-electron chi connectivity index (χ3n) is 2.59. The van der Waals surface area contributed by atoms with Gasteiger partial charge in [-0.05, 0) is 50.6 Å². The highest BCUT2D eigenvalue weighted by Gasteiger charge is 2.02. The van der Waals surface area contributed by atoms with Gasteiger partial charge in [-0.25, -0.2) is 4.98 Å². The predicted molar refractivity (Wildman–Crippen MR) is 76.3 cm³/mol. The molecule has 18 heavy (non-hydrogen) atoms. The van der Waals surface area contributed by atoms with Crippen LogP contribution in [0.3, 0.4) is 0 Å². The van der Waals surface area contributed by atoms with Crippen molar-refractivity contribution in [2.45, 2.75) is 33.3 Å². The number of hydrogen-bond donors (Lipinski definition) is 1. The lowest BCUT2D eigenvalue weighted by molar-refractivity contribution is 0.243. The molecule has 0 aliphatic heterocycles. The summed E-state index contributed by atoms with van der Waals surface area (Å²) >= 11 is 0. The highest BCUT2D eigenvalue weighted by molar-refractivity contribution is 5.81. The summed E-state index contributed by atoms with van der Waals surface area (Å²) < 4.78 is 5.67. The summed E-state index contributed by atoms with van der Waals surface area (Å²) in [6, 6.07) is 10.1. The average molecular weight is 244 g/mol. The summed E-state index contributed by atoms with van der Waals surface area (Å²) in [5, 5.41) is 4.40. The van der Waals surface area contributed by atoms with Crippen LogP contribution in [-0.2, 0) is 0 Å². The highest BCUT2D eigenvalue weighted by Crippen LogP contribution is 2.22. The van der Waals surface area contributed by atoms with E-state index in [1.165, 1.54) is 0 Å². The van der Waals surface area contributed by atoms with Crippen LogP contribution < -0.4 is 10.1 Å². The summed E-state index contributed by atoms with van der Waals surface area (Å²) in [4.78, 5) is 4.57. The van der Waals surface area contributed by atoms with Crippen LogP contribution in [0.1, 0.15) is 27.2 Å². The van der Waals surface area contributed by atoms with E-state index in [9.17, 15) is 0 Å². The maximum Gasteiger partial charge on any atom is 0.126 e. The topological polar surface area (TPSA) is 34.1 Å². The second-order valence-corrected chi connectivity index (χ2v) is 4.64. The minimum Gasteiger partial charge on any atom is -0.491 e. The van der Waals surface area contributed by atoms with Gasteiger partial charge < -0.3 is 10.1 Å². The first-order valence-corrected chi connectivity index (χ1v) is 6.50. The van der Waals surface area contributed by atoms with Crippen LogP contribution in [0.25, 0.3) is 10.9 Å². The fourth-order valence-electron chi connectivity index (χ4n) is 1.80. The SMILES string of the molecule is CCCNc1ccc2cc(OC(C)C)ccc2n1. The number of nitrogens with zero attached hydrogens (tertiary/aromatic N) is 1. The quantitative estimate of drug-likeness (QED) is 0.867. The molecule has 0 saturated heterocycles. The third-order valence-corrected chi connectivity index (χ3v) is 2.59. The van der Waals surface area contributed by atoms with Gasteiger partial charge in [0.1, 0.15) is 11.6 Å². The van der Waals surface area contributed by atoms with Crippen LogP contribution >= 0.6 is 0 Å². The minimum atomic E-state index is 0.195. The molecule has 0 atom stereocenters. The first kappa shape index (κ1) is 12.7. The molecule has 3 heteroatoms. The smallest absolute Gasteiger partial charge is 0.126 e. The Labute approximate surface area is 108 Å². The lowest BCUT2D eigenvalue weighted by atomic mass is 10.2. The van der Waals surface area contributed by atoms with E-state index in [1.54, 1.807) is 0 Å². The molecule has 0 fully saturated rings. The average Bonchev–Trinajstić information content (AvgIpc) is 2.35. The molecule has 3 nitrogen and oxygen atoms in total. The molecule has 0 radical (unpaired) electrons. The zero-order chi connectivity index (χ0) is 13.0. The van der Waals surface area contributed by atoms with Gasteiger partial charge in [0.15, 0.2) is 0 Å². The maximum absolute atomic E-state index is 5.67. The molecular weight excluding hydrogens is 224 g/mol.